The number of oxazole rings is 1. The fourth-order valence-corrected chi connectivity index (χ4v) is 2.90. The maximum atomic E-state index is 11.5. The van der Waals surface area contributed by atoms with Gasteiger partial charge in [-0.3, -0.25) is 9.47 Å². The van der Waals surface area contributed by atoms with Crippen molar-refractivity contribution in [3.63, 3.8) is 0 Å². The minimum absolute atomic E-state index is 0.299. The molecule has 1 aliphatic heterocycles. The zero-order valence-corrected chi connectivity index (χ0v) is 12.1. The third-order valence-corrected chi connectivity index (χ3v) is 4.16. The molecule has 1 N–H and O–H groups in total. The highest BCUT2D eigenvalue weighted by atomic mass is 16.4. The smallest absolute Gasteiger partial charge is 0.408 e. The number of hydrogen-bond acceptors (Lipinski definition) is 4. The Kier molecular flexibility index (Phi) is 3.63. The fourth-order valence-electron chi connectivity index (χ4n) is 2.90. The third-order valence-electron chi connectivity index (χ3n) is 4.16. The average Bonchev–Trinajstić information content (AvgIpc) is 2.74. The number of hydrogen-bond donors (Lipinski definition) is 1. The summed E-state index contributed by atoms with van der Waals surface area (Å²) in [6.45, 7) is 6.60. The Labute approximate surface area is 118 Å². The number of benzene rings is 1. The van der Waals surface area contributed by atoms with E-state index in [0.717, 1.165) is 38.1 Å². The summed E-state index contributed by atoms with van der Waals surface area (Å²) in [4.78, 5) is 14.0. The van der Waals surface area contributed by atoms with Crippen molar-refractivity contribution >= 4 is 11.1 Å². The predicted molar refractivity (Wildman–Crippen MR) is 79.1 cm³/mol. The number of rotatable bonds is 3. The molecule has 0 saturated carbocycles. The van der Waals surface area contributed by atoms with E-state index in [-0.39, 0.29) is 5.76 Å². The molecular weight excluding hydrogens is 254 g/mol. The van der Waals surface area contributed by atoms with Gasteiger partial charge in [-0.1, -0.05) is 6.07 Å². The molecule has 0 aliphatic carbocycles. The largest absolute Gasteiger partial charge is 0.419 e. The summed E-state index contributed by atoms with van der Waals surface area (Å²) < 4.78 is 6.79. The number of aryl methyl sites for hydroxylation is 1. The van der Waals surface area contributed by atoms with E-state index >= 15 is 0 Å². The van der Waals surface area contributed by atoms with Gasteiger partial charge in [-0.15, -0.1) is 0 Å². The molecule has 0 amide bonds. The van der Waals surface area contributed by atoms with Gasteiger partial charge in [0.1, 0.15) is 0 Å². The lowest BCUT2D eigenvalue weighted by atomic mass is 10.0. The first kappa shape index (κ1) is 13.4. The Balaban J connectivity index is 1.78. The number of aromatic nitrogens is 1. The first-order valence-electron chi connectivity index (χ1n) is 7.18. The zero-order valence-electron chi connectivity index (χ0n) is 12.1. The van der Waals surface area contributed by atoms with Gasteiger partial charge in [-0.05, 0) is 31.0 Å². The molecule has 0 radical (unpaired) electrons. The molecule has 1 aromatic carbocycles. The number of nitrogens with one attached hydrogen (secondary N) is 1. The molecule has 0 spiro atoms. The van der Waals surface area contributed by atoms with Crippen LogP contribution >= 0.6 is 0 Å². The third kappa shape index (κ3) is 2.51. The van der Waals surface area contributed by atoms with Crippen molar-refractivity contribution in [2.75, 3.05) is 26.2 Å². The molecule has 5 nitrogen and oxygen atoms in total. The number of piperazine rings is 1. The van der Waals surface area contributed by atoms with Gasteiger partial charge in [0.15, 0.2) is 5.58 Å². The fraction of sp³-hybridized carbons (Fsp3) is 0.533. The van der Waals surface area contributed by atoms with E-state index < -0.39 is 0 Å². The number of fused-ring (bicyclic) bond motifs is 1. The van der Waals surface area contributed by atoms with Gasteiger partial charge in [0.2, 0.25) is 0 Å². The van der Waals surface area contributed by atoms with Crippen molar-refractivity contribution in [1.29, 1.82) is 0 Å². The molecule has 0 bridgehead atoms. The van der Waals surface area contributed by atoms with Gasteiger partial charge >= 0.3 is 5.76 Å². The summed E-state index contributed by atoms with van der Waals surface area (Å²) in [7, 11) is 1.73. The summed E-state index contributed by atoms with van der Waals surface area (Å²) in [6.07, 6.45) is 0.981. The van der Waals surface area contributed by atoms with Crippen LogP contribution in [0.1, 0.15) is 12.5 Å². The quantitative estimate of drug-likeness (QED) is 0.907. The highest BCUT2D eigenvalue weighted by Gasteiger charge is 2.17. The summed E-state index contributed by atoms with van der Waals surface area (Å²) >= 11 is 0. The molecule has 2 aromatic rings. The number of nitrogens with zero attached hydrogens (tertiary/aromatic N) is 2. The standard InChI is InChI=1S/C15H21N3O2/c1-11(18-7-5-16-6-8-18)9-12-3-4-13-14(10-12)20-15(19)17(13)2/h3-4,10-11,16H,5-9H2,1-2H3. The molecule has 108 valence electrons. The van der Waals surface area contributed by atoms with Crippen molar-refractivity contribution in [3.05, 3.63) is 34.3 Å². The molecule has 1 aromatic heterocycles. The Morgan fingerprint density at radius 1 is 1.35 bits per heavy atom. The van der Waals surface area contributed by atoms with Crippen LogP contribution in [0.3, 0.4) is 0 Å². The van der Waals surface area contributed by atoms with Crippen LogP contribution in [-0.2, 0) is 13.5 Å². The maximum absolute atomic E-state index is 11.5. The SMILES string of the molecule is CC(Cc1ccc2c(c1)oc(=O)n2C)N1CCNCC1. The molecule has 1 aliphatic rings. The molecule has 1 unspecified atom stereocenters. The van der Waals surface area contributed by atoms with Gasteiger partial charge in [-0.25, -0.2) is 4.79 Å². The van der Waals surface area contributed by atoms with Crippen molar-refractivity contribution in [2.24, 2.45) is 7.05 Å². The molecule has 20 heavy (non-hydrogen) atoms. The van der Waals surface area contributed by atoms with Crippen molar-refractivity contribution in [2.45, 2.75) is 19.4 Å². The average molecular weight is 275 g/mol. The predicted octanol–water partition coefficient (Wildman–Crippen LogP) is 0.968. The first-order valence-corrected chi connectivity index (χ1v) is 7.18. The molecule has 1 fully saturated rings. The van der Waals surface area contributed by atoms with Crippen LogP contribution in [-0.4, -0.2) is 41.7 Å². The van der Waals surface area contributed by atoms with E-state index in [1.165, 1.54) is 5.56 Å². The molecule has 2 heterocycles. The van der Waals surface area contributed by atoms with Gasteiger partial charge in [0, 0.05) is 39.3 Å². The highest BCUT2D eigenvalue weighted by Crippen LogP contribution is 2.17. The Morgan fingerprint density at radius 2 is 2.10 bits per heavy atom. The summed E-state index contributed by atoms with van der Waals surface area (Å²) in [5.41, 5.74) is 2.76. The topological polar surface area (TPSA) is 50.4 Å². The Hall–Kier alpha value is -1.59. The lowest BCUT2D eigenvalue weighted by Crippen LogP contribution is -2.48. The van der Waals surface area contributed by atoms with E-state index in [2.05, 4.69) is 23.2 Å². The van der Waals surface area contributed by atoms with E-state index in [1.54, 1.807) is 11.6 Å². The monoisotopic (exact) mass is 275 g/mol. The summed E-state index contributed by atoms with van der Waals surface area (Å²) in [5.74, 6) is -0.299. The summed E-state index contributed by atoms with van der Waals surface area (Å²) in [6, 6.07) is 6.57. The van der Waals surface area contributed by atoms with Crippen LogP contribution in [0.25, 0.3) is 11.1 Å². The Bertz CT molecular complexity index is 653. The highest BCUT2D eigenvalue weighted by molar-refractivity contribution is 5.73. The zero-order chi connectivity index (χ0) is 14.1. The second kappa shape index (κ2) is 5.42. The molecule has 3 rings (SSSR count). The summed E-state index contributed by atoms with van der Waals surface area (Å²) in [5, 5.41) is 3.37. The van der Waals surface area contributed by atoms with Crippen molar-refractivity contribution < 1.29 is 4.42 Å². The van der Waals surface area contributed by atoms with Crippen LogP contribution in [0, 0.1) is 0 Å². The van der Waals surface area contributed by atoms with Crippen LogP contribution < -0.4 is 11.1 Å². The van der Waals surface area contributed by atoms with E-state index in [1.807, 2.05) is 12.1 Å². The van der Waals surface area contributed by atoms with Crippen molar-refractivity contribution in [3.8, 4) is 0 Å². The minimum atomic E-state index is -0.299. The van der Waals surface area contributed by atoms with Crippen LogP contribution in [0.5, 0.6) is 0 Å². The van der Waals surface area contributed by atoms with E-state index in [4.69, 9.17) is 4.42 Å². The molecular formula is C15H21N3O2. The molecule has 5 heteroatoms. The van der Waals surface area contributed by atoms with Gasteiger partial charge in [0.25, 0.3) is 0 Å². The van der Waals surface area contributed by atoms with E-state index in [0.29, 0.717) is 11.6 Å². The molecule has 1 saturated heterocycles. The second-order valence-electron chi connectivity index (χ2n) is 5.57. The first-order chi connectivity index (χ1) is 9.65. The van der Waals surface area contributed by atoms with Crippen LogP contribution in [0.15, 0.2) is 27.4 Å². The van der Waals surface area contributed by atoms with Gasteiger partial charge < -0.3 is 9.73 Å². The van der Waals surface area contributed by atoms with Gasteiger partial charge in [-0.2, -0.15) is 0 Å². The minimum Gasteiger partial charge on any atom is -0.408 e. The molecule has 1 atom stereocenters. The maximum Gasteiger partial charge on any atom is 0.419 e. The van der Waals surface area contributed by atoms with E-state index in [9.17, 15) is 4.79 Å². The van der Waals surface area contributed by atoms with Gasteiger partial charge in [0.05, 0.1) is 5.52 Å². The second-order valence-corrected chi connectivity index (χ2v) is 5.57. The lowest BCUT2D eigenvalue weighted by molar-refractivity contribution is 0.183. The Morgan fingerprint density at radius 3 is 2.85 bits per heavy atom. The van der Waals surface area contributed by atoms with Crippen LogP contribution in [0.4, 0.5) is 0 Å². The van der Waals surface area contributed by atoms with Crippen molar-refractivity contribution in [1.82, 2.24) is 14.8 Å². The lowest BCUT2D eigenvalue weighted by Gasteiger charge is -2.32. The van der Waals surface area contributed by atoms with Crippen LogP contribution in [0.2, 0.25) is 0 Å². The normalized spacial score (nSPS) is 18.5.